The molecule has 0 aliphatic heterocycles. The molecule has 118 valence electrons. The summed E-state index contributed by atoms with van der Waals surface area (Å²) in [5, 5.41) is 0. The van der Waals surface area contributed by atoms with Gasteiger partial charge in [0.15, 0.2) is 0 Å². The van der Waals surface area contributed by atoms with Crippen LogP contribution in [0.25, 0.3) is 0 Å². The third-order valence-electron chi connectivity index (χ3n) is 3.59. The molecule has 0 aliphatic rings. The van der Waals surface area contributed by atoms with E-state index >= 15 is 0 Å². The highest BCUT2D eigenvalue weighted by atomic mass is 32.2. The molecule has 22 heavy (non-hydrogen) atoms. The van der Waals surface area contributed by atoms with Crippen LogP contribution in [0.2, 0.25) is 0 Å². The first kappa shape index (κ1) is 16.5. The monoisotopic (exact) mass is 319 g/mol. The molecule has 0 saturated carbocycles. The number of sulfonamides is 1. The minimum atomic E-state index is -3.57. The van der Waals surface area contributed by atoms with Crippen molar-refractivity contribution in [3.63, 3.8) is 0 Å². The number of nitrogens with one attached hydrogen (secondary N) is 1. The Labute approximate surface area is 132 Å². The van der Waals surface area contributed by atoms with Crippen molar-refractivity contribution in [2.75, 3.05) is 7.11 Å². The summed E-state index contributed by atoms with van der Waals surface area (Å²) in [5.41, 5.74) is 3.21. The lowest BCUT2D eigenvalue weighted by Gasteiger charge is -2.17. The van der Waals surface area contributed by atoms with Crippen molar-refractivity contribution in [2.24, 2.45) is 0 Å². The lowest BCUT2D eigenvalue weighted by molar-refractivity contribution is 0.414. The second-order valence-electron chi connectivity index (χ2n) is 5.38. The van der Waals surface area contributed by atoms with Crippen LogP contribution in [0.3, 0.4) is 0 Å². The molecular weight excluding hydrogens is 298 g/mol. The van der Waals surface area contributed by atoms with Crippen LogP contribution in [0.5, 0.6) is 5.75 Å². The topological polar surface area (TPSA) is 55.4 Å². The average Bonchev–Trinajstić information content (AvgIpc) is 2.46. The fourth-order valence-electron chi connectivity index (χ4n) is 2.43. The molecule has 0 bridgehead atoms. The summed E-state index contributed by atoms with van der Waals surface area (Å²) in [6, 6.07) is 12.0. The van der Waals surface area contributed by atoms with Crippen molar-refractivity contribution in [1.29, 1.82) is 0 Å². The minimum absolute atomic E-state index is 0.227. The molecule has 2 aromatic carbocycles. The molecule has 0 heterocycles. The van der Waals surface area contributed by atoms with Crippen LogP contribution in [-0.4, -0.2) is 15.5 Å². The van der Waals surface area contributed by atoms with Gasteiger partial charge >= 0.3 is 0 Å². The van der Waals surface area contributed by atoms with Gasteiger partial charge in [0, 0.05) is 6.04 Å². The molecule has 0 unspecified atom stereocenters. The second kappa shape index (κ2) is 6.50. The van der Waals surface area contributed by atoms with Crippen molar-refractivity contribution in [3.8, 4) is 5.75 Å². The molecule has 0 aliphatic carbocycles. The fraction of sp³-hybridized carbons (Fsp3) is 0.294. The Hall–Kier alpha value is -1.85. The Kier molecular flexibility index (Phi) is 4.88. The van der Waals surface area contributed by atoms with Crippen molar-refractivity contribution in [2.45, 2.75) is 31.7 Å². The Bertz CT molecular complexity index is 752. The fourth-order valence-corrected chi connectivity index (χ4v) is 3.65. The third-order valence-corrected chi connectivity index (χ3v) is 5.15. The first-order valence-electron chi connectivity index (χ1n) is 7.07. The molecule has 1 N–H and O–H groups in total. The SMILES string of the molecule is COc1ccc(S(=O)(=O)N[C@@H](C)c2ccc(C)cc2C)cc1. The Morgan fingerprint density at radius 3 is 2.23 bits per heavy atom. The number of methoxy groups -OCH3 is 1. The van der Waals surface area contributed by atoms with Gasteiger partial charge < -0.3 is 4.74 Å². The molecule has 0 fully saturated rings. The van der Waals surface area contributed by atoms with Gasteiger partial charge in [-0.15, -0.1) is 0 Å². The van der Waals surface area contributed by atoms with E-state index in [2.05, 4.69) is 4.72 Å². The number of aryl methyl sites for hydroxylation is 2. The summed E-state index contributed by atoms with van der Waals surface area (Å²) >= 11 is 0. The van der Waals surface area contributed by atoms with Crippen LogP contribution in [0.1, 0.15) is 29.7 Å². The third kappa shape index (κ3) is 3.67. The quantitative estimate of drug-likeness (QED) is 0.919. The highest BCUT2D eigenvalue weighted by Crippen LogP contribution is 2.22. The van der Waals surface area contributed by atoms with Gasteiger partial charge in [0.25, 0.3) is 0 Å². The highest BCUT2D eigenvalue weighted by molar-refractivity contribution is 7.89. The normalized spacial score (nSPS) is 12.9. The smallest absolute Gasteiger partial charge is 0.241 e. The van der Waals surface area contributed by atoms with E-state index in [1.165, 1.54) is 12.1 Å². The van der Waals surface area contributed by atoms with Crippen molar-refractivity contribution >= 4 is 10.0 Å². The van der Waals surface area contributed by atoms with E-state index in [4.69, 9.17) is 4.74 Å². The first-order valence-corrected chi connectivity index (χ1v) is 8.55. The van der Waals surface area contributed by atoms with Crippen LogP contribution in [0.15, 0.2) is 47.4 Å². The predicted octanol–water partition coefficient (Wildman–Crippen LogP) is 3.35. The van der Waals surface area contributed by atoms with Gasteiger partial charge in [0.1, 0.15) is 5.75 Å². The number of hydrogen-bond acceptors (Lipinski definition) is 3. The zero-order valence-electron chi connectivity index (χ0n) is 13.3. The van der Waals surface area contributed by atoms with Crippen LogP contribution in [-0.2, 0) is 10.0 Å². The Balaban J connectivity index is 2.23. The second-order valence-corrected chi connectivity index (χ2v) is 7.09. The summed E-state index contributed by atoms with van der Waals surface area (Å²) in [6.07, 6.45) is 0. The number of benzene rings is 2. The van der Waals surface area contributed by atoms with Crippen LogP contribution < -0.4 is 9.46 Å². The van der Waals surface area contributed by atoms with Gasteiger partial charge in [0.2, 0.25) is 10.0 Å². The van der Waals surface area contributed by atoms with Crippen LogP contribution >= 0.6 is 0 Å². The van der Waals surface area contributed by atoms with E-state index in [0.717, 1.165) is 16.7 Å². The first-order chi connectivity index (χ1) is 10.3. The Morgan fingerprint density at radius 1 is 1.05 bits per heavy atom. The summed E-state index contributed by atoms with van der Waals surface area (Å²) in [4.78, 5) is 0.227. The maximum atomic E-state index is 12.4. The van der Waals surface area contributed by atoms with E-state index in [9.17, 15) is 8.42 Å². The Morgan fingerprint density at radius 2 is 1.68 bits per heavy atom. The van der Waals surface area contributed by atoms with Crippen LogP contribution in [0, 0.1) is 13.8 Å². The summed E-state index contributed by atoms with van der Waals surface area (Å²) < 4.78 is 32.6. The molecular formula is C17H21NO3S. The van der Waals surface area contributed by atoms with E-state index in [-0.39, 0.29) is 10.9 Å². The average molecular weight is 319 g/mol. The number of ether oxygens (including phenoxy) is 1. The van der Waals surface area contributed by atoms with Crippen molar-refractivity contribution in [3.05, 3.63) is 59.2 Å². The van der Waals surface area contributed by atoms with Gasteiger partial charge in [0.05, 0.1) is 12.0 Å². The van der Waals surface area contributed by atoms with Gasteiger partial charge in [-0.05, 0) is 56.2 Å². The molecule has 0 saturated heterocycles. The molecule has 1 atom stereocenters. The molecule has 2 aromatic rings. The van der Waals surface area contributed by atoms with E-state index in [0.29, 0.717) is 5.75 Å². The zero-order valence-corrected chi connectivity index (χ0v) is 14.1. The van der Waals surface area contributed by atoms with Crippen LogP contribution in [0.4, 0.5) is 0 Å². The minimum Gasteiger partial charge on any atom is -0.497 e. The summed E-state index contributed by atoms with van der Waals surface area (Å²) in [5.74, 6) is 0.626. The largest absolute Gasteiger partial charge is 0.497 e. The maximum Gasteiger partial charge on any atom is 0.241 e. The lowest BCUT2D eigenvalue weighted by atomic mass is 10.0. The van der Waals surface area contributed by atoms with Crippen molar-refractivity contribution in [1.82, 2.24) is 4.72 Å². The van der Waals surface area contributed by atoms with Gasteiger partial charge in [-0.2, -0.15) is 0 Å². The van der Waals surface area contributed by atoms with E-state index in [1.807, 2.05) is 39.0 Å². The zero-order chi connectivity index (χ0) is 16.3. The lowest BCUT2D eigenvalue weighted by Crippen LogP contribution is -2.27. The molecule has 0 radical (unpaired) electrons. The van der Waals surface area contributed by atoms with Gasteiger partial charge in [-0.25, -0.2) is 13.1 Å². The van der Waals surface area contributed by atoms with Crippen molar-refractivity contribution < 1.29 is 13.2 Å². The summed E-state index contributed by atoms with van der Waals surface area (Å²) in [7, 11) is -2.02. The van der Waals surface area contributed by atoms with E-state index < -0.39 is 10.0 Å². The molecule has 0 spiro atoms. The standard InChI is InChI=1S/C17H21NO3S/c1-12-5-10-17(13(2)11-12)14(3)18-22(19,20)16-8-6-15(21-4)7-9-16/h5-11,14,18H,1-4H3/t14-/m0/s1. The summed E-state index contributed by atoms with van der Waals surface area (Å²) in [6.45, 7) is 5.85. The molecule has 0 amide bonds. The number of hydrogen-bond donors (Lipinski definition) is 1. The van der Waals surface area contributed by atoms with Gasteiger partial charge in [-0.3, -0.25) is 0 Å². The van der Waals surface area contributed by atoms with E-state index in [1.54, 1.807) is 19.2 Å². The predicted molar refractivity (Wildman–Crippen MR) is 87.6 cm³/mol. The number of rotatable bonds is 5. The molecule has 0 aromatic heterocycles. The maximum absolute atomic E-state index is 12.4. The van der Waals surface area contributed by atoms with Gasteiger partial charge in [-0.1, -0.05) is 23.8 Å². The molecule has 5 heteroatoms. The molecule has 4 nitrogen and oxygen atoms in total. The highest BCUT2D eigenvalue weighted by Gasteiger charge is 2.19. The molecule has 2 rings (SSSR count).